The Morgan fingerprint density at radius 2 is 1.47 bits per heavy atom. The normalized spacial score (nSPS) is 11.8. The van der Waals surface area contributed by atoms with Gasteiger partial charge in [-0.05, 0) is 26.0 Å². The van der Waals surface area contributed by atoms with Crippen molar-refractivity contribution < 1.29 is 13.3 Å². The number of benzene rings is 1. The number of aromatic nitrogens is 6. The lowest BCUT2D eigenvalue weighted by molar-refractivity contribution is -0.384. The maximum atomic E-state index is 13.5. The van der Waals surface area contributed by atoms with Gasteiger partial charge in [0.2, 0.25) is 0 Å². The van der Waals surface area contributed by atoms with E-state index in [1.54, 1.807) is 49.7 Å². The lowest BCUT2D eigenvalue weighted by Crippen LogP contribution is -2.16. The summed E-state index contributed by atoms with van der Waals surface area (Å²) in [5, 5.41) is 24.0. The zero-order valence-electron chi connectivity index (χ0n) is 17.5. The predicted octanol–water partition coefficient (Wildman–Crippen LogP) is 3.10. The highest BCUT2D eigenvalue weighted by Crippen LogP contribution is 2.40. The summed E-state index contributed by atoms with van der Waals surface area (Å²) in [6.07, 6.45) is 3.35. The highest BCUT2D eigenvalue weighted by atomic mass is 35.5. The molecule has 32 heavy (non-hydrogen) atoms. The summed E-state index contributed by atoms with van der Waals surface area (Å²) in [6, 6.07) is 4.58. The van der Waals surface area contributed by atoms with Gasteiger partial charge in [-0.15, -0.1) is 0 Å². The molecule has 13 heteroatoms. The van der Waals surface area contributed by atoms with Crippen molar-refractivity contribution in [3.63, 3.8) is 0 Å². The van der Waals surface area contributed by atoms with Crippen LogP contribution < -0.4 is 0 Å². The van der Waals surface area contributed by atoms with Gasteiger partial charge in [-0.2, -0.15) is 27.8 Å². The Morgan fingerprint density at radius 3 is 1.94 bits per heavy atom. The van der Waals surface area contributed by atoms with Crippen LogP contribution in [0.3, 0.4) is 0 Å². The third kappa shape index (κ3) is 3.46. The Bertz CT molecular complexity index is 1470. The molecule has 3 heterocycles. The van der Waals surface area contributed by atoms with Gasteiger partial charge in [0.25, 0.3) is 15.7 Å². The molecule has 0 radical (unpaired) electrons. The summed E-state index contributed by atoms with van der Waals surface area (Å²) < 4.78 is 31.1. The second-order valence-corrected chi connectivity index (χ2v) is 9.36. The van der Waals surface area contributed by atoms with Crippen LogP contribution in [0.4, 0.5) is 5.69 Å². The molecular weight excluding hydrogens is 458 g/mol. The van der Waals surface area contributed by atoms with Crippen LogP contribution in [0, 0.1) is 24.0 Å². The molecule has 0 unspecified atom stereocenters. The number of aryl methyl sites for hydroxylation is 4. The minimum absolute atomic E-state index is 0.127. The maximum Gasteiger partial charge on any atom is 0.283 e. The summed E-state index contributed by atoms with van der Waals surface area (Å²) in [6.45, 7) is 3.50. The largest absolute Gasteiger partial charge is 0.283 e. The van der Waals surface area contributed by atoms with Crippen LogP contribution in [0.2, 0.25) is 5.02 Å². The van der Waals surface area contributed by atoms with Crippen molar-refractivity contribution in [2.24, 2.45) is 14.1 Å². The van der Waals surface area contributed by atoms with E-state index in [1.807, 2.05) is 0 Å². The van der Waals surface area contributed by atoms with E-state index < -0.39 is 14.9 Å². The van der Waals surface area contributed by atoms with Crippen molar-refractivity contribution >= 4 is 27.3 Å². The SMILES string of the molecule is Cc1nn(C)cc1-c1nn(S(=O)(=O)c2ccc([N+](=O)[O-])cc2)c(-c2cn(C)nc2C)c1Cl. The monoisotopic (exact) mass is 475 g/mol. The molecule has 1 aromatic carbocycles. The molecule has 166 valence electrons. The number of nitrogens with zero attached hydrogens (tertiary/aromatic N) is 7. The van der Waals surface area contributed by atoms with E-state index in [0.717, 1.165) is 28.4 Å². The number of non-ortho nitro benzene ring substituents is 1. The van der Waals surface area contributed by atoms with Crippen LogP contribution in [0.5, 0.6) is 0 Å². The molecule has 0 fully saturated rings. The highest BCUT2D eigenvalue weighted by Gasteiger charge is 2.31. The molecule has 0 spiro atoms. The first-order valence-electron chi connectivity index (χ1n) is 9.30. The first-order valence-corrected chi connectivity index (χ1v) is 11.1. The second kappa shape index (κ2) is 7.57. The predicted molar refractivity (Wildman–Crippen MR) is 117 cm³/mol. The molecule has 0 amide bonds. The van der Waals surface area contributed by atoms with Crippen LogP contribution in [-0.4, -0.2) is 42.1 Å². The molecule has 4 aromatic rings. The Labute approximate surface area is 188 Å². The smallest absolute Gasteiger partial charge is 0.275 e. The van der Waals surface area contributed by atoms with Gasteiger partial charge in [0, 0.05) is 49.7 Å². The molecular formula is C19H18ClN7O4S. The lowest BCUT2D eigenvalue weighted by Gasteiger charge is -2.08. The summed E-state index contributed by atoms with van der Waals surface area (Å²) in [4.78, 5) is 10.2. The van der Waals surface area contributed by atoms with Crippen molar-refractivity contribution in [2.75, 3.05) is 0 Å². The maximum absolute atomic E-state index is 13.5. The molecule has 3 aromatic heterocycles. The first kappa shape index (κ1) is 21.7. The number of hydrogen-bond donors (Lipinski definition) is 0. The average molecular weight is 476 g/mol. The van der Waals surface area contributed by atoms with Crippen LogP contribution in [-0.2, 0) is 24.1 Å². The molecule has 4 rings (SSSR count). The van der Waals surface area contributed by atoms with E-state index in [-0.39, 0.29) is 27.0 Å². The molecule has 0 aliphatic rings. The standard InChI is InChI=1S/C19H18ClN7O4S/c1-11-15(9-24(3)21-11)18-17(20)19(16-10-25(4)22-12(16)2)26(23-18)32(30,31)14-7-5-13(6-8-14)27(28)29/h5-10H,1-4H3. The third-order valence-electron chi connectivity index (χ3n) is 4.91. The third-order valence-corrected chi connectivity index (χ3v) is 6.85. The van der Waals surface area contributed by atoms with Crippen molar-refractivity contribution in [1.29, 1.82) is 0 Å². The highest BCUT2D eigenvalue weighted by molar-refractivity contribution is 7.90. The molecule has 0 atom stereocenters. The summed E-state index contributed by atoms with van der Waals surface area (Å²) in [7, 11) is -0.801. The molecule has 0 bridgehead atoms. The Hall–Kier alpha value is -3.51. The molecule has 0 N–H and O–H groups in total. The van der Waals surface area contributed by atoms with E-state index >= 15 is 0 Å². The van der Waals surface area contributed by atoms with E-state index in [9.17, 15) is 18.5 Å². The van der Waals surface area contributed by atoms with E-state index in [1.165, 1.54) is 0 Å². The van der Waals surface area contributed by atoms with Crippen LogP contribution in [0.25, 0.3) is 22.5 Å². The molecule has 0 aliphatic heterocycles. The minimum atomic E-state index is -4.25. The quantitative estimate of drug-likeness (QED) is 0.320. The minimum Gasteiger partial charge on any atom is -0.275 e. The van der Waals surface area contributed by atoms with Crippen molar-refractivity contribution in [3.8, 4) is 22.5 Å². The Kier molecular flexibility index (Phi) is 5.13. The fraction of sp³-hybridized carbons (Fsp3) is 0.211. The second-order valence-electron chi connectivity index (χ2n) is 7.21. The fourth-order valence-electron chi connectivity index (χ4n) is 3.45. The zero-order chi connectivity index (χ0) is 23.4. The average Bonchev–Trinajstić information content (AvgIpc) is 3.35. The van der Waals surface area contributed by atoms with Gasteiger partial charge in [0.15, 0.2) is 0 Å². The summed E-state index contributed by atoms with van der Waals surface area (Å²) >= 11 is 6.71. The molecule has 0 saturated heterocycles. The van der Waals surface area contributed by atoms with Gasteiger partial charge in [0.05, 0.1) is 26.2 Å². The number of halogens is 1. The van der Waals surface area contributed by atoms with Crippen molar-refractivity contribution in [2.45, 2.75) is 18.7 Å². The van der Waals surface area contributed by atoms with Crippen LogP contribution in [0.15, 0.2) is 41.6 Å². The number of hydrogen-bond acceptors (Lipinski definition) is 7. The zero-order valence-corrected chi connectivity index (χ0v) is 19.1. The lowest BCUT2D eigenvalue weighted by atomic mass is 10.1. The number of nitro groups is 1. The van der Waals surface area contributed by atoms with Gasteiger partial charge >= 0.3 is 0 Å². The topological polar surface area (TPSA) is 131 Å². The van der Waals surface area contributed by atoms with Gasteiger partial charge in [-0.25, -0.2) is 0 Å². The summed E-state index contributed by atoms with van der Waals surface area (Å²) in [5.74, 6) is 0. The first-order chi connectivity index (χ1) is 15.0. The van der Waals surface area contributed by atoms with Gasteiger partial charge in [-0.3, -0.25) is 19.5 Å². The van der Waals surface area contributed by atoms with E-state index in [2.05, 4.69) is 15.3 Å². The summed E-state index contributed by atoms with van der Waals surface area (Å²) in [5.41, 5.74) is 2.43. The fourth-order valence-corrected chi connectivity index (χ4v) is 5.12. The Balaban J connectivity index is 2.00. The van der Waals surface area contributed by atoms with Gasteiger partial charge in [-0.1, -0.05) is 11.6 Å². The molecule has 11 nitrogen and oxygen atoms in total. The Morgan fingerprint density at radius 1 is 0.938 bits per heavy atom. The van der Waals surface area contributed by atoms with Crippen LogP contribution in [0.1, 0.15) is 11.4 Å². The van der Waals surface area contributed by atoms with Gasteiger partial charge in [0.1, 0.15) is 11.4 Å². The number of nitro benzene ring substituents is 1. The molecule has 0 aliphatic carbocycles. The van der Waals surface area contributed by atoms with Crippen LogP contribution >= 0.6 is 11.6 Å². The molecule has 0 saturated carbocycles. The van der Waals surface area contributed by atoms with E-state index in [0.29, 0.717) is 22.5 Å². The van der Waals surface area contributed by atoms with Crippen molar-refractivity contribution in [1.82, 2.24) is 28.7 Å². The number of rotatable bonds is 5. The van der Waals surface area contributed by atoms with Crippen molar-refractivity contribution in [3.05, 3.63) is 63.2 Å². The van der Waals surface area contributed by atoms with Gasteiger partial charge < -0.3 is 0 Å². The van der Waals surface area contributed by atoms with E-state index in [4.69, 9.17) is 11.6 Å².